The van der Waals surface area contributed by atoms with Crippen LogP contribution in [-0.4, -0.2) is 35.6 Å². The lowest BCUT2D eigenvalue weighted by atomic mass is 10.0. The molecule has 5 unspecified atom stereocenters. The number of carbonyl (C=O) groups excluding carboxylic acids is 1. The predicted octanol–water partition coefficient (Wildman–Crippen LogP) is 1.12. The number of likely N-dealkylation sites (tertiary alicyclic amines) is 1. The Balaban J connectivity index is 1.43. The van der Waals surface area contributed by atoms with Crippen LogP contribution in [0.4, 0.5) is 0 Å². The smallest absolute Gasteiger partial charge is 0.226 e. The van der Waals surface area contributed by atoms with Crippen molar-refractivity contribution in [3.05, 3.63) is 0 Å². The van der Waals surface area contributed by atoms with E-state index in [9.17, 15) is 4.79 Å². The first kappa shape index (κ1) is 10.4. The largest absolute Gasteiger partial charge is 0.396 e. The van der Waals surface area contributed by atoms with E-state index in [4.69, 9.17) is 5.11 Å². The standard InChI is InChI=1S/C14H21NO2/c16-7-8-3-4-15(6-8)14(17)13-11-9-1-2-10(5-9)12(11)13/h8-13,16H,1-7H2. The lowest BCUT2D eigenvalue weighted by Crippen LogP contribution is -2.32. The average Bonchev–Trinajstić information content (AvgIpc) is 2.79. The van der Waals surface area contributed by atoms with Crippen molar-refractivity contribution in [1.82, 2.24) is 4.90 Å². The Bertz CT molecular complexity index is 340. The number of nitrogens with zero attached hydrogens (tertiary/aromatic N) is 1. The van der Waals surface area contributed by atoms with Gasteiger partial charge in [-0.1, -0.05) is 0 Å². The zero-order valence-corrected chi connectivity index (χ0v) is 10.2. The fraction of sp³-hybridized carbons (Fsp3) is 0.929. The molecule has 1 heterocycles. The summed E-state index contributed by atoms with van der Waals surface area (Å²) < 4.78 is 0. The van der Waals surface area contributed by atoms with Crippen LogP contribution in [0.5, 0.6) is 0 Å². The van der Waals surface area contributed by atoms with Gasteiger partial charge < -0.3 is 10.0 Å². The first-order chi connectivity index (χ1) is 8.29. The second-order valence-electron chi connectivity index (χ2n) is 6.64. The molecule has 1 aliphatic heterocycles. The van der Waals surface area contributed by atoms with E-state index >= 15 is 0 Å². The molecular formula is C14H21NO2. The van der Waals surface area contributed by atoms with Crippen molar-refractivity contribution in [2.45, 2.75) is 25.7 Å². The summed E-state index contributed by atoms with van der Waals surface area (Å²) in [5, 5.41) is 9.14. The van der Waals surface area contributed by atoms with Crippen molar-refractivity contribution in [3.63, 3.8) is 0 Å². The van der Waals surface area contributed by atoms with E-state index in [1.807, 2.05) is 4.90 Å². The highest BCUT2D eigenvalue weighted by molar-refractivity contribution is 5.83. The highest BCUT2D eigenvalue weighted by atomic mass is 16.3. The Kier molecular flexibility index (Phi) is 2.11. The first-order valence-corrected chi connectivity index (χ1v) is 7.19. The van der Waals surface area contributed by atoms with Crippen LogP contribution in [0.2, 0.25) is 0 Å². The molecule has 94 valence electrons. The van der Waals surface area contributed by atoms with Crippen molar-refractivity contribution in [1.29, 1.82) is 0 Å². The lowest BCUT2D eigenvalue weighted by Gasteiger charge is -2.18. The molecule has 4 fully saturated rings. The van der Waals surface area contributed by atoms with Crippen LogP contribution in [0, 0.1) is 35.5 Å². The van der Waals surface area contributed by atoms with Gasteiger partial charge in [0.2, 0.25) is 5.91 Å². The summed E-state index contributed by atoms with van der Waals surface area (Å²) in [5.74, 6) is 4.44. The highest BCUT2D eigenvalue weighted by Crippen LogP contribution is 2.69. The first-order valence-electron chi connectivity index (χ1n) is 7.19. The van der Waals surface area contributed by atoms with Gasteiger partial charge in [0.05, 0.1) is 0 Å². The molecule has 0 aromatic heterocycles. The zero-order chi connectivity index (χ0) is 11.6. The quantitative estimate of drug-likeness (QED) is 0.779. The fourth-order valence-electron chi connectivity index (χ4n) is 5.05. The monoisotopic (exact) mass is 235 g/mol. The number of hydrogen-bond donors (Lipinski definition) is 1. The average molecular weight is 235 g/mol. The predicted molar refractivity (Wildman–Crippen MR) is 63.1 cm³/mol. The summed E-state index contributed by atoms with van der Waals surface area (Å²) in [5.41, 5.74) is 0. The minimum atomic E-state index is 0.243. The topological polar surface area (TPSA) is 40.5 Å². The molecule has 3 heteroatoms. The highest BCUT2D eigenvalue weighted by Gasteiger charge is 2.68. The van der Waals surface area contributed by atoms with Crippen molar-refractivity contribution in [2.24, 2.45) is 35.5 Å². The van der Waals surface area contributed by atoms with Crippen molar-refractivity contribution in [2.75, 3.05) is 19.7 Å². The Morgan fingerprint density at radius 2 is 1.88 bits per heavy atom. The van der Waals surface area contributed by atoms with Gasteiger partial charge in [-0.3, -0.25) is 4.79 Å². The summed E-state index contributed by atoms with van der Waals surface area (Å²) in [6.07, 6.45) is 5.18. The number of amides is 1. The number of hydrogen-bond acceptors (Lipinski definition) is 2. The summed E-state index contributed by atoms with van der Waals surface area (Å²) in [6, 6.07) is 0. The molecule has 3 aliphatic carbocycles. The lowest BCUT2D eigenvalue weighted by molar-refractivity contribution is -0.132. The molecular weight excluding hydrogens is 214 g/mol. The third kappa shape index (κ3) is 1.35. The van der Waals surface area contributed by atoms with Gasteiger partial charge in [0.1, 0.15) is 0 Å². The van der Waals surface area contributed by atoms with E-state index < -0.39 is 0 Å². The van der Waals surface area contributed by atoms with Gasteiger partial charge in [0, 0.05) is 31.5 Å². The fourth-order valence-corrected chi connectivity index (χ4v) is 5.05. The minimum absolute atomic E-state index is 0.243. The van der Waals surface area contributed by atoms with Crippen LogP contribution >= 0.6 is 0 Å². The van der Waals surface area contributed by atoms with E-state index in [2.05, 4.69) is 0 Å². The molecule has 3 saturated carbocycles. The van der Waals surface area contributed by atoms with E-state index in [1.165, 1.54) is 19.3 Å². The van der Waals surface area contributed by atoms with E-state index in [1.54, 1.807) is 0 Å². The Labute approximate surface area is 102 Å². The minimum Gasteiger partial charge on any atom is -0.396 e. The van der Waals surface area contributed by atoms with Crippen LogP contribution in [-0.2, 0) is 4.79 Å². The van der Waals surface area contributed by atoms with Gasteiger partial charge in [-0.05, 0) is 49.4 Å². The second-order valence-corrected chi connectivity index (χ2v) is 6.64. The van der Waals surface area contributed by atoms with Crippen LogP contribution in [0.1, 0.15) is 25.7 Å². The number of rotatable bonds is 2. The third-order valence-electron chi connectivity index (χ3n) is 5.88. The molecule has 1 N–H and O–H groups in total. The molecule has 0 aromatic rings. The van der Waals surface area contributed by atoms with Gasteiger partial charge in [0.15, 0.2) is 0 Å². The molecule has 5 atom stereocenters. The van der Waals surface area contributed by atoms with E-state index in [0.29, 0.717) is 17.7 Å². The summed E-state index contributed by atoms with van der Waals surface area (Å²) in [4.78, 5) is 14.5. The van der Waals surface area contributed by atoms with E-state index in [-0.39, 0.29) is 6.61 Å². The molecule has 0 radical (unpaired) electrons. The molecule has 4 rings (SSSR count). The van der Waals surface area contributed by atoms with Gasteiger partial charge in [-0.25, -0.2) is 0 Å². The molecule has 0 aromatic carbocycles. The van der Waals surface area contributed by atoms with Crippen molar-refractivity contribution >= 4 is 5.91 Å². The molecule has 17 heavy (non-hydrogen) atoms. The molecule has 1 saturated heterocycles. The SMILES string of the molecule is O=C(C1C2C3CCC(C3)C12)N1CCC(CO)C1. The maximum absolute atomic E-state index is 12.4. The van der Waals surface area contributed by atoms with Crippen molar-refractivity contribution in [3.8, 4) is 0 Å². The molecule has 4 aliphatic rings. The normalized spacial score (nSPS) is 50.8. The summed E-state index contributed by atoms with van der Waals surface area (Å²) in [6.45, 7) is 1.93. The van der Waals surface area contributed by atoms with E-state index in [0.717, 1.165) is 43.2 Å². The Morgan fingerprint density at radius 3 is 2.47 bits per heavy atom. The maximum Gasteiger partial charge on any atom is 0.226 e. The maximum atomic E-state index is 12.4. The Hall–Kier alpha value is -0.570. The third-order valence-corrected chi connectivity index (χ3v) is 5.88. The zero-order valence-electron chi connectivity index (χ0n) is 10.2. The molecule has 0 spiro atoms. The number of carbonyl (C=O) groups is 1. The second kappa shape index (κ2) is 3.47. The number of fused-ring (bicyclic) bond motifs is 5. The number of aliphatic hydroxyl groups is 1. The van der Waals surface area contributed by atoms with Gasteiger partial charge in [-0.2, -0.15) is 0 Å². The van der Waals surface area contributed by atoms with Gasteiger partial charge in [0.25, 0.3) is 0 Å². The summed E-state index contributed by atoms with van der Waals surface area (Å²) >= 11 is 0. The van der Waals surface area contributed by atoms with Crippen LogP contribution in [0.15, 0.2) is 0 Å². The van der Waals surface area contributed by atoms with Crippen molar-refractivity contribution < 1.29 is 9.90 Å². The van der Waals surface area contributed by atoms with Crippen LogP contribution in [0.25, 0.3) is 0 Å². The molecule has 3 nitrogen and oxygen atoms in total. The molecule has 1 amide bonds. The summed E-state index contributed by atoms with van der Waals surface area (Å²) in [7, 11) is 0. The van der Waals surface area contributed by atoms with Gasteiger partial charge in [-0.15, -0.1) is 0 Å². The van der Waals surface area contributed by atoms with Crippen LogP contribution in [0.3, 0.4) is 0 Å². The molecule has 2 bridgehead atoms. The number of aliphatic hydroxyl groups excluding tert-OH is 1. The van der Waals surface area contributed by atoms with Gasteiger partial charge >= 0.3 is 0 Å². The Morgan fingerprint density at radius 1 is 1.18 bits per heavy atom. The van der Waals surface area contributed by atoms with Crippen LogP contribution < -0.4 is 0 Å².